The molecule has 152 valence electrons. The van der Waals surface area contributed by atoms with Crippen molar-refractivity contribution in [2.75, 3.05) is 20.6 Å². The summed E-state index contributed by atoms with van der Waals surface area (Å²) in [6.07, 6.45) is 4.88. The Balaban J connectivity index is 1.55. The number of benzene rings is 2. The van der Waals surface area contributed by atoms with Crippen LogP contribution in [0.5, 0.6) is 0 Å². The van der Waals surface area contributed by atoms with Crippen LogP contribution in [0.3, 0.4) is 0 Å². The predicted molar refractivity (Wildman–Crippen MR) is 115 cm³/mol. The molecule has 1 aliphatic carbocycles. The van der Waals surface area contributed by atoms with Crippen LogP contribution < -0.4 is 5.84 Å². The summed E-state index contributed by atoms with van der Waals surface area (Å²) in [7, 11) is 4.27. The topological polar surface area (TPSA) is 48.3 Å². The van der Waals surface area contributed by atoms with Crippen LogP contribution >= 0.6 is 0 Å². The van der Waals surface area contributed by atoms with E-state index in [0.29, 0.717) is 0 Å². The van der Waals surface area contributed by atoms with Gasteiger partial charge in [0.25, 0.3) is 0 Å². The summed E-state index contributed by atoms with van der Waals surface area (Å²) in [6, 6.07) is 15.6. The molecule has 4 nitrogen and oxygen atoms in total. The molecule has 29 heavy (non-hydrogen) atoms. The van der Waals surface area contributed by atoms with Gasteiger partial charge < -0.3 is 4.98 Å². The Morgan fingerprint density at radius 2 is 1.69 bits per heavy atom. The number of aromatic nitrogens is 1. The number of nitrogens with two attached hydrogens (primary N) is 1. The van der Waals surface area contributed by atoms with Crippen LogP contribution in [-0.4, -0.2) is 35.5 Å². The lowest BCUT2D eigenvalue weighted by molar-refractivity contribution is -0.0238. The molecule has 0 saturated heterocycles. The van der Waals surface area contributed by atoms with E-state index >= 15 is 0 Å². The number of hydrogen-bond acceptors (Lipinski definition) is 3. The van der Waals surface area contributed by atoms with Gasteiger partial charge in [-0.15, -0.1) is 0 Å². The van der Waals surface area contributed by atoms with Crippen molar-refractivity contribution in [2.45, 2.75) is 43.2 Å². The number of rotatable bonds is 2. The zero-order valence-electron chi connectivity index (χ0n) is 17.2. The summed E-state index contributed by atoms with van der Waals surface area (Å²) in [5, 5.41) is 3.41. The van der Waals surface area contributed by atoms with E-state index < -0.39 is 0 Å². The fourth-order valence-corrected chi connectivity index (χ4v) is 5.82. The van der Waals surface area contributed by atoms with E-state index in [1.165, 1.54) is 27.7 Å². The Hall–Kier alpha value is -2.21. The lowest BCUT2D eigenvalue weighted by Gasteiger charge is -2.54. The molecule has 1 spiro atoms. The van der Waals surface area contributed by atoms with E-state index in [-0.39, 0.29) is 16.9 Å². The van der Waals surface area contributed by atoms with Crippen LogP contribution in [0.4, 0.5) is 4.39 Å². The maximum Gasteiger partial charge on any atom is 0.123 e. The molecular formula is C24H29FN4. The molecule has 0 radical (unpaired) electrons. The van der Waals surface area contributed by atoms with Crippen molar-refractivity contribution in [1.29, 1.82) is 0 Å². The number of nitrogens with zero attached hydrogens (tertiary/aromatic N) is 2. The molecule has 1 aromatic heterocycles. The van der Waals surface area contributed by atoms with Crippen molar-refractivity contribution in [3.05, 3.63) is 71.2 Å². The summed E-state index contributed by atoms with van der Waals surface area (Å²) in [6.45, 7) is 0.875. The average Bonchev–Trinajstić information content (AvgIpc) is 3.12. The monoisotopic (exact) mass is 392 g/mol. The predicted octanol–water partition coefficient (Wildman–Crippen LogP) is 4.27. The van der Waals surface area contributed by atoms with Gasteiger partial charge in [0.1, 0.15) is 5.82 Å². The summed E-state index contributed by atoms with van der Waals surface area (Å²) in [4.78, 5) is 6.03. The van der Waals surface area contributed by atoms with Crippen LogP contribution in [0.15, 0.2) is 48.5 Å². The van der Waals surface area contributed by atoms with Crippen molar-refractivity contribution in [3.8, 4) is 0 Å². The van der Waals surface area contributed by atoms with E-state index in [1.54, 1.807) is 12.1 Å². The third-order valence-corrected chi connectivity index (χ3v) is 7.57. The minimum Gasteiger partial charge on any atom is -0.357 e. The quantitative estimate of drug-likeness (QED) is 0.641. The number of hydrogen-bond donors (Lipinski definition) is 2. The zero-order chi connectivity index (χ0) is 20.2. The van der Waals surface area contributed by atoms with Gasteiger partial charge in [0.2, 0.25) is 0 Å². The van der Waals surface area contributed by atoms with Crippen LogP contribution in [0.1, 0.15) is 42.5 Å². The second-order valence-corrected chi connectivity index (χ2v) is 8.93. The molecule has 0 unspecified atom stereocenters. The highest BCUT2D eigenvalue weighted by molar-refractivity contribution is 5.85. The molecule has 5 heteroatoms. The number of halogens is 1. The minimum absolute atomic E-state index is 0.0938. The molecule has 3 N–H and O–H groups in total. The molecule has 0 amide bonds. The SMILES string of the molecule is CN(C)C1(c2ccc(F)cc2)CCC2(CC1)c1[nH]c3ccccc3c1CCN2N. The molecular weight excluding hydrogens is 363 g/mol. The first-order valence-electron chi connectivity index (χ1n) is 10.5. The highest BCUT2D eigenvalue weighted by Crippen LogP contribution is 2.52. The maximum absolute atomic E-state index is 13.5. The Morgan fingerprint density at radius 1 is 1.00 bits per heavy atom. The lowest BCUT2D eigenvalue weighted by Crippen LogP contribution is -2.59. The van der Waals surface area contributed by atoms with Gasteiger partial charge in [0.15, 0.2) is 0 Å². The number of aromatic amines is 1. The van der Waals surface area contributed by atoms with Gasteiger partial charge in [0, 0.05) is 28.7 Å². The number of nitrogens with one attached hydrogen (secondary N) is 1. The van der Waals surface area contributed by atoms with Crippen molar-refractivity contribution in [2.24, 2.45) is 5.84 Å². The molecule has 1 saturated carbocycles. The molecule has 5 rings (SSSR count). The van der Waals surface area contributed by atoms with Gasteiger partial charge in [0.05, 0.1) is 5.54 Å². The largest absolute Gasteiger partial charge is 0.357 e. The van der Waals surface area contributed by atoms with Crippen molar-refractivity contribution in [3.63, 3.8) is 0 Å². The van der Waals surface area contributed by atoms with E-state index in [0.717, 1.165) is 38.6 Å². The smallest absolute Gasteiger partial charge is 0.123 e. The Bertz CT molecular complexity index is 1030. The van der Waals surface area contributed by atoms with E-state index in [4.69, 9.17) is 5.84 Å². The molecule has 1 aliphatic heterocycles. The first-order chi connectivity index (χ1) is 14.0. The molecule has 1 fully saturated rings. The fraction of sp³-hybridized carbons (Fsp3) is 0.417. The zero-order valence-corrected chi connectivity index (χ0v) is 17.2. The van der Waals surface area contributed by atoms with Gasteiger partial charge >= 0.3 is 0 Å². The molecule has 2 aliphatic rings. The lowest BCUT2D eigenvalue weighted by atomic mass is 9.66. The Morgan fingerprint density at radius 3 is 2.38 bits per heavy atom. The molecule has 2 aromatic carbocycles. The number of H-pyrrole nitrogens is 1. The van der Waals surface area contributed by atoms with Crippen LogP contribution in [0, 0.1) is 5.82 Å². The molecule has 0 bridgehead atoms. The second kappa shape index (κ2) is 6.66. The van der Waals surface area contributed by atoms with E-state index in [1.807, 2.05) is 12.1 Å². The number of hydrazine groups is 1. The van der Waals surface area contributed by atoms with Crippen molar-refractivity contribution in [1.82, 2.24) is 14.9 Å². The molecule has 3 aromatic rings. The molecule has 2 heterocycles. The third-order valence-electron chi connectivity index (χ3n) is 7.57. The first kappa shape index (κ1) is 18.8. The highest BCUT2D eigenvalue weighted by Gasteiger charge is 2.51. The Kier molecular flexibility index (Phi) is 4.32. The van der Waals surface area contributed by atoms with Gasteiger partial charge in [-0.05, 0) is 75.5 Å². The summed E-state index contributed by atoms with van der Waals surface area (Å²) in [5.41, 5.74) is 4.88. The van der Waals surface area contributed by atoms with Crippen molar-refractivity contribution >= 4 is 10.9 Å². The van der Waals surface area contributed by atoms with Crippen molar-refractivity contribution < 1.29 is 4.39 Å². The maximum atomic E-state index is 13.5. The summed E-state index contributed by atoms with van der Waals surface area (Å²) in [5.74, 6) is 6.47. The molecule has 0 atom stereocenters. The van der Waals surface area contributed by atoms with Gasteiger partial charge in [-0.3, -0.25) is 10.7 Å². The highest BCUT2D eigenvalue weighted by atomic mass is 19.1. The van der Waals surface area contributed by atoms with Crippen LogP contribution in [0.2, 0.25) is 0 Å². The fourth-order valence-electron chi connectivity index (χ4n) is 5.82. The van der Waals surface area contributed by atoms with Gasteiger partial charge in [-0.2, -0.15) is 0 Å². The number of para-hydroxylation sites is 1. The second-order valence-electron chi connectivity index (χ2n) is 8.93. The third kappa shape index (κ3) is 2.68. The average molecular weight is 393 g/mol. The first-order valence-corrected chi connectivity index (χ1v) is 10.5. The van der Waals surface area contributed by atoms with Gasteiger partial charge in [-0.25, -0.2) is 9.40 Å². The summed E-state index contributed by atoms with van der Waals surface area (Å²) < 4.78 is 13.5. The van der Waals surface area contributed by atoms with Gasteiger partial charge in [-0.1, -0.05) is 30.3 Å². The standard InChI is InChI=1S/C24H29FN4/c1-28(2)23(17-7-9-18(25)10-8-17)12-14-24(15-13-23)22-20(11-16-29(24)26)19-5-3-4-6-21(19)27-22/h3-10,27H,11-16,26H2,1-2H3. The van der Waals surface area contributed by atoms with E-state index in [2.05, 4.69) is 53.3 Å². The van der Waals surface area contributed by atoms with Crippen LogP contribution in [-0.2, 0) is 17.5 Å². The number of fused-ring (bicyclic) bond motifs is 4. The normalized spacial score (nSPS) is 27.6. The summed E-state index contributed by atoms with van der Waals surface area (Å²) >= 11 is 0. The Labute approximate surface area is 171 Å². The minimum atomic E-state index is -0.182. The van der Waals surface area contributed by atoms with E-state index in [9.17, 15) is 4.39 Å². The van der Waals surface area contributed by atoms with Crippen LogP contribution in [0.25, 0.3) is 10.9 Å².